The molecule has 1 saturated carbocycles. The largest absolute Gasteiger partial charge is 0.348 e. The fourth-order valence-electron chi connectivity index (χ4n) is 2.08. The second kappa shape index (κ2) is 6.23. The number of nitrogens with zero attached hydrogens (tertiary/aromatic N) is 1. The number of aromatic nitrogens is 1. The van der Waals surface area contributed by atoms with Gasteiger partial charge in [0.25, 0.3) is 5.91 Å². The summed E-state index contributed by atoms with van der Waals surface area (Å²) in [7, 11) is 0. The highest BCUT2D eigenvalue weighted by Crippen LogP contribution is 2.18. The molecule has 104 valence electrons. The van der Waals surface area contributed by atoms with Gasteiger partial charge in [0.2, 0.25) is 0 Å². The number of hydrogen-bond acceptors (Lipinski definition) is 2. The highest BCUT2D eigenvalue weighted by atomic mass is 16.1. The van der Waals surface area contributed by atoms with Crippen LogP contribution < -0.4 is 5.32 Å². The fraction of sp³-hybridized carbons (Fsp3) is 0.222. The van der Waals surface area contributed by atoms with Crippen molar-refractivity contribution in [3.05, 3.63) is 65.5 Å². The molecule has 0 unspecified atom stereocenters. The predicted molar refractivity (Wildman–Crippen MR) is 81.8 cm³/mol. The van der Waals surface area contributed by atoms with Gasteiger partial charge in [-0.25, -0.2) is 4.98 Å². The second-order valence-corrected chi connectivity index (χ2v) is 5.15. The van der Waals surface area contributed by atoms with E-state index in [1.165, 1.54) is 6.42 Å². The Morgan fingerprint density at radius 2 is 1.81 bits per heavy atom. The van der Waals surface area contributed by atoms with Crippen molar-refractivity contribution in [3.63, 3.8) is 0 Å². The SMILES string of the molecule is O=C(NC1CCC1)c1ccc(C#Cc2ccccc2)cn1. The van der Waals surface area contributed by atoms with Gasteiger partial charge < -0.3 is 5.32 Å². The molecule has 1 aromatic carbocycles. The molecule has 0 saturated heterocycles. The van der Waals surface area contributed by atoms with Crippen molar-refractivity contribution in [3.8, 4) is 11.8 Å². The van der Waals surface area contributed by atoms with Gasteiger partial charge in [0.05, 0.1) is 0 Å². The Morgan fingerprint density at radius 3 is 2.43 bits per heavy atom. The molecule has 1 heterocycles. The summed E-state index contributed by atoms with van der Waals surface area (Å²) in [4.78, 5) is 16.1. The molecule has 3 rings (SSSR count). The molecule has 1 aliphatic rings. The zero-order chi connectivity index (χ0) is 14.5. The number of carbonyl (C=O) groups is 1. The molecule has 2 aromatic rings. The summed E-state index contributed by atoms with van der Waals surface area (Å²) in [5, 5.41) is 2.97. The molecular formula is C18H16N2O. The van der Waals surface area contributed by atoms with Crippen molar-refractivity contribution >= 4 is 5.91 Å². The lowest BCUT2D eigenvalue weighted by atomic mass is 9.93. The van der Waals surface area contributed by atoms with Gasteiger partial charge in [-0.05, 0) is 43.5 Å². The quantitative estimate of drug-likeness (QED) is 0.857. The molecule has 1 amide bonds. The van der Waals surface area contributed by atoms with Gasteiger partial charge in [0.1, 0.15) is 5.69 Å². The molecule has 1 fully saturated rings. The molecule has 0 spiro atoms. The molecule has 1 aliphatic carbocycles. The maximum atomic E-state index is 11.9. The van der Waals surface area contributed by atoms with Crippen LogP contribution in [0.1, 0.15) is 40.9 Å². The summed E-state index contributed by atoms with van der Waals surface area (Å²) >= 11 is 0. The lowest BCUT2D eigenvalue weighted by molar-refractivity contribution is 0.0912. The van der Waals surface area contributed by atoms with Crippen LogP contribution in [0.3, 0.4) is 0 Å². The second-order valence-electron chi connectivity index (χ2n) is 5.15. The van der Waals surface area contributed by atoms with Crippen molar-refractivity contribution in [2.24, 2.45) is 0 Å². The maximum absolute atomic E-state index is 11.9. The summed E-state index contributed by atoms with van der Waals surface area (Å²) in [6.45, 7) is 0. The van der Waals surface area contributed by atoms with Gasteiger partial charge in [-0.1, -0.05) is 30.0 Å². The average molecular weight is 276 g/mol. The predicted octanol–water partition coefficient (Wildman–Crippen LogP) is 2.76. The van der Waals surface area contributed by atoms with Crippen molar-refractivity contribution < 1.29 is 4.79 Å². The minimum absolute atomic E-state index is 0.0951. The van der Waals surface area contributed by atoms with Crippen LogP contribution in [-0.4, -0.2) is 16.9 Å². The van der Waals surface area contributed by atoms with Crippen molar-refractivity contribution in [1.82, 2.24) is 10.3 Å². The average Bonchev–Trinajstić information content (AvgIpc) is 2.50. The van der Waals surface area contributed by atoms with Crippen molar-refractivity contribution in [2.45, 2.75) is 25.3 Å². The van der Waals surface area contributed by atoms with Crippen LogP contribution in [0.2, 0.25) is 0 Å². The zero-order valence-electron chi connectivity index (χ0n) is 11.7. The number of nitrogens with one attached hydrogen (secondary N) is 1. The van der Waals surface area contributed by atoms with Gasteiger partial charge in [-0.3, -0.25) is 4.79 Å². The first-order valence-corrected chi connectivity index (χ1v) is 7.15. The maximum Gasteiger partial charge on any atom is 0.270 e. The molecule has 0 atom stereocenters. The van der Waals surface area contributed by atoms with E-state index in [1.54, 1.807) is 12.3 Å². The van der Waals surface area contributed by atoms with E-state index < -0.39 is 0 Å². The third-order valence-corrected chi connectivity index (χ3v) is 3.56. The molecule has 0 bridgehead atoms. The lowest BCUT2D eigenvalue weighted by Gasteiger charge is -2.26. The van der Waals surface area contributed by atoms with E-state index in [4.69, 9.17) is 0 Å². The van der Waals surface area contributed by atoms with E-state index >= 15 is 0 Å². The molecular weight excluding hydrogens is 260 g/mol. The Balaban J connectivity index is 1.66. The topological polar surface area (TPSA) is 42.0 Å². The van der Waals surface area contributed by atoms with E-state index in [1.807, 2.05) is 36.4 Å². The summed E-state index contributed by atoms with van der Waals surface area (Å²) < 4.78 is 0. The molecule has 1 N–H and O–H groups in total. The van der Waals surface area contributed by atoms with E-state index in [0.29, 0.717) is 11.7 Å². The number of carbonyl (C=O) groups excluding carboxylic acids is 1. The Bertz CT molecular complexity index is 677. The molecule has 21 heavy (non-hydrogen) atoms. The summed E-state index contributed by atoms with van der Waals surface area (Å²) in [6.07, 6.45) is 5.00. The van der Waals surface area contributed by atoms with Crippen LogP contribution in [0.5, 0.6) is 0 Å². The standard InChI is InChI=1S/C18H16N2O/c21-18(20-16-7-4-8-16)17-12-11-15(13-19-17)10-9-14-5-2-1-3-6-14/h1-3,5-6,11-13,16H,4,7-8H2,(H,20,21). The zero-order valence-corrected chi connectivity index (χ0v) is 11.7. The summed E-state index contributed by atoms with van der Waals surface area (Å²) in [5.41, 5.74) is 2.22. The number of pyridine rings is 1. The van der Waals surface area contributed by atoms with Crippen molar-refractivity contribution in [2.75, 3.05) is 0 Å². The normalized spacial score (nSPS) is 13.7. The Morgan fingerprint density at radius 1 is 1.05 bits per heavy atom. The number of benzene rings is 1. The van der Waals surface area contributed by atoms with Crippen LogP contribution in [0.25, 0.3) is 0 Å². The van der Waals surface area contributed by atoms with Crippen LogP contribution >= 0.6 is 0 Å². The summed E-state index contributed by atoms with van der Waals surface area (Å²) in [6, 6.07) is 13.7. The van der Waals surface area contributed by atoms with Crippen LogP contribution in [-0.2, 0) is 0 Å². The third kappa shape index (κ3) is 3.49. The highest BCUT2D eigenvalue weighted by Gasteiger charge is 2.20. The molecule has 1 aromatic heterocycles. The summed E-state index contributed by atoms with van der Waals surface area (Å²) in [5.74, 6) is 6.02. The van der Waals surface area contributed by atoms with Gasteiger partial charge in [-0.2, -0.15) is 0 Å². The number of rotatable bonds is 2. The first kappa shape index (κ1) is 13.4. The Kier molecular flexibility index (Phi) is 3.97. The fourth-order valence-corrected chi connectivity index (χ4v) is 2.08. The molecule has 0 aliphatic heterocycles. The van der Waals surface area contributed by atoms with Gasteiger partial charge in [0, 0.05) is 23.4 Å². The first-order valence-electron chi connectivity index (χ1n) is 7.15. The van der Waals surface area contributed by atoms with Crippen LogP contribution in [0.15, 0.2) is 48.7 Å². The lowest BCUT2D eigenvalue weighted by Crippen LogP contribution is -2.39. The number of hydrogen-bond donors (Lipinski definition) is 1. The van der Waals surface area contributed by atoms with E-state index in [9.17, 15) is 4.79 Å². The minimum Gasteiger partial charge on any atom is -0.348 e. The van der Waals surface area contributed by atoms with Gasteiger partial charge in [-0.15, -0.1) is 0 Å². The van der Waals surface area contributed by atoms with Crippen LogP contribution in [0.4, 0.5) is 0 Å². The molecule has 0 radical (unpaired) electrons. The minimum atomic E-state index is -0.0951. The Labute approximate surface area is 124 Å². The smallest absolute Gasteiger partial charge is 0.270 e. The Hall–Kier alpha value is -2.60. The number of amides is 1. The van der Waals surface area contributed by atoms with Crippen molar-refractivity contribution in [1.29, 1.82) is 0 Å². The van der Waals surface area contributed by atoms with E-state index in [2.05, 4.69) is 22.1 Å². The van der Waals surface area contributed by atoms with E-state index in [0.717, 1.165) is 24.0 Å². The van der Waals surface area contributed by atoms with Gasteiger partial charge in [0.15, 0.2) is 0 Å². The van der Waals surface area contributed by atoms with E-state index in [-0.39, 0.29) is 5.91 Å². The van der Waals surface area contributed by atoms with Gasteiger partial charge >= 0.3 is 0 Å². The molecule has 3 heteroatoms. The monoisotopic (exact) mass is 276 g/mol. The first-order chi connectivity index (χ1) is 10.3. The third-order valence-electron chi connectivity index (χ3n) is 3.56. The highest BCUT2D eigenvalue weighted by molar-refractivity contribution is 5.92. The molecule has 3 nitrogen and oxygen atoms in total. The van der Waals surface area contributed by atoms with Crippen LogP contribution in [0, 0.1) is 11.8 Å².